The van der Waals surface area contributed by atoms with Gasteiger partial charge in [0.25, 0.3) is 5.56 Å². The highest BCUT2D eigenvalue weighted by Crippen LogP contribution is 2.27. The fourth-order valence-electron chi connectivity index (χ4n) is 2.20. The molecule has 2 atom stereocenters. The van der Waals surface area contributed by atoms with Crippen molar-refractivity contribution in [3.63, 3.8) is 0 Å². The molecule has 1 aliphatic heterocycles. The number of aromatic carboxylic acids is 1. The maximum Gasteiger partial charge on any atom is 0.341 e. The second kappa shape index (κ2) is 5.85. The van der Waals surface area contributed by atoms with Gasteiger partial charge in [-0.1, -0.05) is 0 Å². The summed E-state index contributed by atoms with van der Waals surface area (Å²) in [5.41, 5.74) is -0.544. The molecule has 0 saturated carbocycles. The van der Waals surface area contributed by atoms with Crippen LogP contribution in [0.25, 0.3) is 0 Å². The predicted octanol–water partition coefficient (Wildman–Crippen LogP) is 0.0250. The smallest absolute Gasteiger partial charge is 0.341 e. The van der Waals surface area contributed by atoms with Crippen LogP contribution >= 0.6 is 12.4 Å². The molecule has 2 rings (SSSR count). The molecule has 1 saturated heterocycles. The molecule has 0 radical (unpaired) electrons. The van der Waals surface area contributed by atoms with Gasteiger partial charge in [0.2, 0.25) is 0 Å². The summed E-state index contributed by atoms with van der Waals surface area (Å²) in [6.45, 7) is 0.545. The van der Waals surface area contributed by atoms with Crippen molar-refractivity contribution in [3.8, 4) is 0 Å². The molecular weight excluding hydrogens is 276 g/mol. The fourth-order valence-corrected chi connectivity index (χ4v) is 2.20. The molecule has 7 nitrogen and oxygen atoms in total. The van der Waals surface area contributed by atoms with Gasteiger partial charge < -0.3 is 20.5 Å². The Morgan fingerprint density at radius 3 is 2.58 bits per heavy atom. The topological polar surface area (TPSA) is 119 Å². The molecule has 104 valence electrons. The number of H-pyrrole nitrogens is 1. The molecule has 4 N–H and O–H groups in total. The number of halogens is 1. The Labute approximate surface area is 114 Å². The van der Waals surface area contributed by atoms with Gasteiger partial charge in [-0.2, -0.15) is 0 Å². The van der Waals surface area contributed by atoms with E-state index in [9.17, 15) is 14.4 Å². The van der Waals surface area contributed by atoms with Gasteiger partial charge in [-0.25, -0.2) is 4.79 Å². The Bertz CT molecular complexity index is 556. The summed E-state index contributed by atoms with van der Waals surface area (Å²) < 4.78 is 0. The van der Waals surface area contributed by atoms with E-state index in [1.165, 1.54) is 12.3 Å². The number of carboxylic acids is 2. The number of aromatic amines is 1. The molecule has 0 amide bonds. The van der Waals surface area contributed by atoms with Gasteiger partial charge >= 0.3 is 11.9 Å². The van der Waals surface area contributed by atoms with Crippen molar-refractivity contribution in [1.29, 1.82) is 0 Å². The average Bonchev–Trinajstić information content (AvgIpc) is 2.78. The van der Waals surface area contributed by atoms with Crippen LogP contribution in [0.15, 0.2) is 17.1 Å². The lowest BCUT2D eigenvalue weighted by atomic mass is 9.92. The minimum absolute atomic E-state index is 0. The largest absolute Gasteiger partial charge is 0.480 e. The highest BCUT2D eigenvalue weighted by atomic mass is 35.5. The minimum atomic E-state index is -1.32. The van der Waals surface area contributed by atoms with E-state index >= 15 is 0 Å². The van der Waals surface area contributed by atoms with Crippen LogP contribution in [0.4, 0.5) is 0 Å². The van der Waals surface area contributed by atoms with Crippen molar-refractivity contribution >= 4 is 24.3 Å². The van der Waals surface area contributed by atoms with Gasteiger partial charge in [0.1, 0.15) is 11.6 Å². The van der Waals surface area contributed by atoms with Gasteiger partial charge in [0.15, 0.2) is 0 Å². The van der Waals surface area contributed by atoms with Crippen molar-refractivity contribution in [2.24, 2.45) is 0 Å². The molecule has 1 aliphatic rings. The molecule has 0 aromatic carbocycles. The fraction of sp³-hybridized carbons (Fsp3) is 0.364. The van der Waals surface area contributed by atoms with Crippen LogP contribution in [0.2, 0.25) is 0 Å². The first-order chi connectivity index (χ1) is 8.50. The summed E-state index contributed by atoms with van der Waals surface area (Å²) >= 11 is 0. The first-order valence-corrected chi connectivity index (χ1v) is 5.43. The summed E-state index contributed by atoms with van der Waals surface area (Å²) in [7, 11) is 0. The maximum atomic E-state index is 11.3. The van der Waals surface area contributed by atoms with E-state index in [0.717, 1.165) is 0 Å². The summed E-state index contributed by atoms with van der Waals surface area (Å²) in [4.78, 5) is 35.5. The third-order valence-corrected chi connectivity index (χ3v) is 3.07. The summed E-state index contributed by atoms with van der Waals surface area (Å²) in [6.07, 6.45) is 1.96. The summed E-state index contributed by atoms with van der Waals surface area (Å²) in [5.74, 6) is -2.64. The minimum Gasteiger partial charge on any atom is -0.480 e. The van der Waals surface area contributed by atoms with Gasteiger partial charge in [0, 0.05) is 12.1 Å². The van der Waals surface area contributed by atoms with Crippen LogP contribution in [0.5, 0.6) is 0 Å². The average molecular weight is 289 g/mol. The standard InChI is InChI=1S/C11H12N2O5.ClH/c14-9-7(10(15)16)3-5(4-13-9)6-1-2-12-8(6)11(17)18;/h3-4,6,8,12H,1-2H2,(H,13,14)(H,15,16)(H,17,18);1H/t6-,8+;/m1./s1. The van der Waals surface area contributed by atoms with E-state index < -0.39 is 23.5 Å². The number of aromatic nitrogens is 1. The Kier molecular flexibility index (Phi) is 4.68. The number of aliphatic carboxylic acids is 1. The lowest BCUT2D eigenvalue weighted by Crippen LogP contribution is -2.34. The van der Waals surface area contributed by atoms with E-state index in [1.807, 2.05) is 0 Å². The molecule has 0 bridgehead atoms. The second-order valence-electron chi connectivity index (χ2n) is 4.15. The number of hydrogen-bond donors (Lipinski definition) is 4. The summed E-state index contributed by atoms with van der Waals surface area (Å²) in [6, 6.07) is 0.493. The second-order valence-corrected chi connectivity index (χ2v) is 4.15. The lowest BCUT2D eigenvalue weighted by Gasteiger charge is -2.15. The zero-order chi connectivity index (χ0) is 13.3. The highest BCUT2D eigenvalue weighted by Gasteiger charge is 2.34. The van der Waals surface area contributed by atoms with Crippen molar-refractivity contribution < 1.29 is 19.8 Å². The Hall–Kier alpha value is -1.86. The van der Waals surface area contributed by atoms with Gasteiger partial charge in [-0.05, 0) is 24.6 Å². The first-order valence-electron chi connectivity index (χ1n) is 5.43. The molecule has 1 aromatic rings. The molecule has 0 aliphatic carbocycles. The molecule has 8 heteroatoms. The zero-order valence-corrected chi connectivity index (χ0v) is 10.6. The monoisotopic (exact) mass is 288 g/mol. The summed E-state index contributed by atoms with van der Waals surface area (Å²) in [5, 5.41) is 20.7. The van der Waals surface area contributed by atoms with Crippen LogP contribution in [0.3, 0.4) is 0 Å². The molecule has 0 spiro atoms. The van der Waals surface area contributed by atoms with E-state index in [1.54, 1.807) is 0 Å². The van der Waals surface area contributed by atoms with Crippen molar-refractivity contribution in [2.75, 3.05) is 6.54 Å². The lowest BCUT2D eigenvalue weighted by molar-refractivity contribution is -0.139. The Morgan fingerprint density at radius 2 is 2.00 bits per heavy atom. The number of rotatable bonds is 3. The van der Waals surface area contributed by atoms with E-state index in [-0.39, 0.29) is 23.9 Å². The maximum absolute atomic E-state index is 11.3. The molecule has 0 unspecified atom stereocenters. The number of nitrogens with one attached hydrogen (secondary N) is 2. The quantitative estimate of drug-likeness (QED) is 0.623. The number of carbonyl (C=O) groups is 2. The SMILES string of the molecule is Cl.O=C(O)c1cc([C@H]2CCN[C@@H]2C(=O)O)c[nH]c1=O. The zero-order valence-electron chi connectivity index (χ0n) is 9.75. The Morgan fingerprint density at radius 1 is 1.32 bits per heavy atom. The number of carboxylic acid groups (broad SMARTS) is 2. The third-order valence-electron chi connectivity index (χ3n) is 3.07. The van der Waals surface area contributed by atoms with Gasteiger partial charge in [0.05, 0.1) is 0 Å². The van der Waals surface area contributed by atoms with E-state index in [0.29, 0.717) is 18.5 Å². The van der Waals surface area contributed by atoms with Crippen LogP contribution in [0.1, 0.15) is 28.3 Å². The van der Waals surface area contributed by atoms with E-state index in [2.05, 4.69) is 10.3 Å². The predicted molar refractivity (Wildman–Crippen MR) is 68.1 cm³/mol. The highest BCUT2D eigenvalue weighted by molar-refractivity contribution is 5.87. The Balaban J connectivity index is 0.00000180. The van der Waals surface area contributed by atoms with Crippen LogP contribution in [0, 0.1) is 0 Å². The van der Waals surface area contributed by atoms with Crippen LogP contribution in [-0.4, -0.2) is 39.7 Å². The van der Waals surface area contributed by atoms with Gasteiger partial charge in [-0.15, -0.1) is 12.4 Å². The molecular formula is C11H13ClN2O5. The molecule has 1 fully saturated rings. The third kappa shape index (κ3) is 2.94. The van der Waals surface area contributed by atoms with Crippen LogP contribution in [-0.2, 0) is 4.79 Å². The van der Waals surface area contributed by atoms with Crippen molar-refractivity contribution in [1.82, 2.24) is 10.3 Å². The van der Waals surface area contributed by atoms with Gasteiger partial charge in [-0.3, -0.25) is 9.59 Å². The molecule has 19 heavy (non-hydrogen) atoms. The number of pyridine rings is 1. The first kappa shape index (κ1) is 15.2. The number of hydrogen-bond acceptors (Lipinski definition) is 4. The van der Waals surface area contributed by atoms with E-state index in [4.69, 9.17) is 10.2 Å². The van der Waals surface area contributed by atoms with Crippen molar-refractivity contribution in [2.45, 2.75) is 18.4 Å². The molecule has 1 aromatic heterocycles. The normalized spacial score (nSPS) is 21.7. The van der Waals surface area contributed by atoms with Crippen molar-refractivity contribution in [3.05, 3.63) is 33.7 Å². The molecule has 2 heterocycles. The van der Waals surface area contributed by atoms with Crippen LogP contribution < -0.4 is 10.9 Å².